The van der Waals surface area contributed by atoms with Crippen molar-refractivity contribution in [3.8, 4) is 11.8 Å². The molecule has 0 bridgehead atoms. The van der Waals surface area contributed by atoms with Crippen molar-refractivity contribution < 1.29 is 23.8 Å². The maximum absolute atomic E-state index is 13.8. The Bertz CT molecular complexity index is 1730. The molecule has 3 heterocycles. The van der Waals surface area contributed by atoms with Crippen LogP contribution in [0.15, 0.2) is 48.9 Å². The number of carbonyl (C=O) groups is 1. The number of nitrogens with zero attached hydrogens (tertiary/aromatic N) is 5. The summed E-state index contributed by atoms with van der Waals surface area (Å²) in [5.41, 5.74) is 1.09. The Morgan fingerprint density at radius 2 is 1.98 bits per heavy atom. The minimum atomic E-state index is -1.18. The molecule has 9 nitrogen and oxygen atoms in total. The molecule has 4 aromatic rings. The van der Waals surface area contributed by atoms with Crippen LogP contribution in [0.25, 0.3) is 11.2 Å². The van der Waals surface area contributed by atoms with Crippen molar-refractivity contribution in [3.63, 3.8) is 0 Å². The molecule has 40 heavy (non-hydrogen) atoms. The van der Waals surface area contributed by atoms with Gasteiger partial charge in [0.15, 0.2) is 28.6 Å². The van der Waals surface area contributed by atoms with E-state index < -0.39 is 35.3 Å². The Hall–Kier alpha value is -4.27. The van der Waals surface area contributed by atoms with Crippen LogP contribution in [0.5, 0.6) is 0 Å². The molecule has 0 saturated heterocycles. The van der Waals surface area contributed by atoms with E-state index in [0.717, 1.165) is 6.07 Å². The fourth-order valence-electron chi connectivity index (χ4n) is 6.26. The van der Waals surface area contributed by atoms with Crippen LogP contribution in [-0.2, 0) is 4.79 Å². The monoisotopic (exact) mass is 542 g/mol. The number of fused-ring (bicyclic) bond motifs is 2. The topological polar surface area (TPSA) is 126 Å². The lowest BCUT2D eigenvalue weighted by Gasteiger charge is -2.23. The van der Waals surface area contributed by atoms with Gasteiger partial charge in [0, 0.05) is 18.2 Å². The van der Waals surface area contributed by atoms with Crippen LogP contribution < -0.4 is 5.32 Å². The van der Waals surface area contributed by atoms with Gasteiger partial charge in [-0.1, -0.05) is 12.1 Å². The second-order valence-corrected chi connectivity index (χ2v) is 10.8. The fraction of sp³-hybridized carbons (Fsp3) is 0.345. The molecule has 11 heteroatoms. The van der Waals surface area contributed by atoms with Crippen molar-refractivity contribution in [3.05, 3.63) is 77.6 Å². The van der Waals surface area contributed by atoms with E-state index in [0.29, 0.717) is 41.1 Å². The maximum atomic E-state index is 13.8. The van der Waals surface area contributed by atoms with Gasteiger partial charge < -0.3 is 20.1 Å². The van der Waals surface area contributed by atoms with Crippen molar-refractivity contribution >= 4 is 22.8 Å². The molecule has 7 atom stereocenters. The summed E-state index contributed by atoms with van der Waals surface area (Å²) in [5, 5.41) is 25.1. The second kappa shape index (κ2) is 8.87. The smallest absolute Gasteiger partial charge is 0.209 e. The number of carbonyl (C=O) groups excluding carboxylic acids is 1. The summed E-state index contributed by atoms with van der Waals surface area (Å²) in [6.07, 6.45) is 1.98. The van der Waals surface area contributed by atoms with Crippen LogP contribution in [0.1, 0.15) is 48.8 Å². The van der Waals surface area contributed by atoms with Crippen molar-refractivity contribution in [1.82, 2.24) is 24.5 Å². The molecule has 202 valence electrons. The number of aliphatic hydroxyl groups is 2. The molecule has 0 aliphatic heterocycles. The third kappa shape index (κ3) is 3.78. The van der Waals surface area contributed by atoms with E-state index in [2.05, 4.69) is 37.1 Å². The number of pyridine rings is 1. The molecular weight excluding hydrogens is 518 g/mol. The Kier molecular flexibility index (Phi) is 5.49. The summed E-state index contributed by atoms with van der Waals surface area (Å²) >= 11 is 0. The van der Waals surface area contributed by atoms with Gasteiger partial charge >= 0.3 is 0 Å². The van der Waals surface area contributed by atoms with E-state index >= 15 is 0 Å². The second-order valence-electron chi connectivity index (χ2n) is 10.8. The zero-order chi connectivity index (χ0) is 27.8. The number of hydrogen-bond donors (Lipinski definition) is 3. The number of Topliss-reactive ketones (excluding diaryl/α,β-unsaturated/α-hetero) is 1. The lowest BCUT2D eigenvalue weighted by atomic mass is 9.95. The molecule has 3 fully saturated rings. The summed E-state index contributed by atoms with van der Waals surface area (Å²) in [6.45, 7) is 1.44. The number of hydrogen-bond acceptors (Lipinski definition) is 8. The third-order valence-electron chi connectivity index (χ3n) is 8.52. The highest BCUT2D eigenvalue weighted by Gasteiger charge is 2.74. The number of aliphatic hydroxyl groups excluding tert-OH is 2. The number of ketones is 1. The minimum absolute atomic E-state index is 0.0419. The van der Waals surface area contributed by atoms with Crippen LogP contribution in [0.2, 0.25) is 0 Å². The van der Waals surface area contributed by atoms with E-state index in [1.807, 2.05) is 6.07 Å². The lowest BCUT2D eigenvalue weighted by molar-refractivity contribution is -0.128. The van der Waals surface area contributed by atoms with E-state index in [1.165, 1.54) is 19.3 Å². The fourth-order valence-corrected chi connectivity index (χ4v) is 6.26. The number of nitrogens with one attached hydrogen (secondary N) is 1. The summed E-state index contributed by atoms with van der Waals surface area (Å²) in [7, 11) is 0. The Balaban J connectivity index is 1.27. The molecule has 3 N–H and O–H groups in total. The molecule has 3 aliphatic rings. The van der Waals surface area contributed by atoms with Gasteiger partial charge in [-0.15, -0.1) is 0 Å². The van der Waals surface area contributed by atoms with Gasteiger partial charge in [0.1, 0.15) is 17.6 Å². The Morgan fingerprint density at radius 1 is 1.12 bits per heavy atom. The van der Waals surface area contributed by atoms with Crippen molar-refractivity contribution in [2.75, 3.05) is 5.32 Å². The molecule has 0 amide bonds. The minimum Gasteiger partial charge on any atom is -0.389 e. The lowest BCUT2D eigenvalue weighted by Crippen LogP contribution is -2.36. The van der Waals surface area contributed by atoms with Crippen molar-refractivity contribution in [2.45, 2.75) is 50.0 Å². The summed E-state index contributed by atoms with van der Waals surface area (Å²) < 4.78 is 29.0. The molecule has 0 radical (unpaired) electrons. The van der Waals surface area contributed by atoms with Crippen molar-refractivity contribution in [1.29, 1.82) is 0 Å². The maximum Gasteiger partial charge on any atom is 0.209 e. The standard InChI is InChI=1S/C29H24F2N6O3/c1-14(38)29-12-18(29)24(25(39)26(29)40)37-13-33-23-27(34-21-11-17(21)15-5-7-19(30)20(31)10-15)35-22(36-28(23)37)8-6-16-4-2-3-9-32-16/h2-5,7,9-10,13,17-18,21,24-26,39-40H,11-12H2,1H3,(H,34,35,36)/t17?,18?,21?,24-,25+,26?,29+/m1/s1. The quantitative estimate of drug-likeness (QED) is 0.329. The van der Waals surface area contributed by atoms with Gasteiger partial charge in [-0.3, -0.25) is 4.79 Å². The van der Waals surface area contributed by atoms with E-state index in [1.54, 1.807) is 29.0 Å². The highest BCUT2D eigenvalue weighted by atomic mass is 19.2. The number of aromatic nitrogens is 5. The molecule has 3 aromatic heterocycles. The predicted molar refractivity (Wildman–Crippen MR) is 139 cm³/mol. The van der Waals surface area contributed by atoms with Crippen LogP contribution in [-0.4, -0.2) is 58.7 Å². The molecule has 1 aromatic carbocycles. The number of benzene rings is 1. The largest absolute Gasteiger partial charge is 0.389 e. The first kappa shape index (κ1) is 24.7. The Labute approximate surface area is 227 Å². The van der Waals surface area contributed by atoms with Crippen molar-refractivity contribution in [2.24, 2.45) is 11.3 Å². The van der Waals surface area contributed by atoms with Gasteiger partial charge in [0.2, 0.25) is 5.82 Å². The zero-order valence-corrected chi connectivity index (χ0v) is 21.3. The van der Waals surface area contributed by atoms with Gasteiger partial charge in [-0.2, -0.15) is 0 Å². The average Bonchev–Trinajstić information content (AvgIpc) is 3.83. The molecule has 4 unspecified atom stereocenters. The molecule has 3 aliphatic carbocycles. The summed E-state index contributed by atoms with van der Waals surface area (Å²) in [5.74, 6) is 4.27. The molecule has 3 saturated carbocycles. The number of imidazole rings is 1. The van der Waals surface area contributed by atoms with Gasteiger partial charge in [0.25, 0.3) is 0 Å². The Morgan fingerprint density at radius 3 is 2.70 bits per heavy atom. The molecular formula is C29H24F2N6O3. The average molecular weight is 543 g/mol. The highest BCUT2D eigenvalue weighted by Crippen LogP contribution is 2.68. The highest BCUT2D eigenvalue weighted by molar-refractivity contribution is 5.88. The third-order valence-corrected chi connectivity index (χ3v) is 8.52. The SMILES string of the molecule is CC(=O)[C@@]12CC1[C@@H](n1cnc3c(NC4CC4c4ccc(F)c(F)c4)nc(C#Cc4ccccn4)nc31)[C@H](O)C2O. The first-order valence-corrected chi connectivity index (χ1v) is 13.0. The molecule has 0 spiro atoms. The first-order chi connectivity index (χ1) is 19.3. The van der Waals surface area contributed by atoms with E-state index in [4.69, 9.17) is 0 Å². The predicted octanol–water partition coefficient (Wildman–Crippen LogP) is 2.74. The van der Waals surface area contributed by atoms with E-state index in [-0.39, 0.29) is 29.5 Å². The van der Waals surface area contributed by atoms with Crippen LogP contribution in [0.3, 0.4) is 0 Å². The van der Waals surface area contributed by atoms with Gasteiger partial charge in [0.05, 0.1) is 23.9 Å². The van der Waals surface area contributed by atoms with Crippen LogP contribution in [0.4, 0.5) is 14.6 Å². The van der Waals surface area contributed by atoms with Crippen LogP contribution in [0, 0.1) is 34.8 Å². The van der Waals surface area contributed by atoms with Crippen LogP contribution >= 0.6 is 0 Å². The van der Waals surface area contributed by atoms with E-state index in [9.17, 15) is 23.8 Å². The summed E-state index contributed by atoms with van der Waals surface area (Å²) in [4.78, 5) is 30.4. The number of anilines is 1. The number of halogens is 2. The molecule has 7 rings (SSSR count). The number of rotatable bonds is 5. The normalized spacial score (nSPS) is 29.9. The van der Waals surface area contributed by atoms with Gasteiger partial charge in [-0.05, 0) is 67.4 Å². The zero-order valence-electron chi connectivity index (χ0n) is 21.3. The summed E-state index contributed by atoms with van der Waals surface area (Å²) in [6, 6.07) is 8.57. The van der Waals surface area contributed by atoms with Gasteiger partial charge in [-0.25, -0.2) is 28.7 Å². The first-order valence-electron chi connectivity index (χ1n) is 13.0.